The number of hydrogen-bond acceptors (Lipinski definition) is 4. The summed E-state index contributed by atoms with van der Waals surface area (Å²) in [6.07, 6.45) is 0.850. The van der Waals surface area contributed by atoms with Gasteiger partial charge in [0.2, 0.25) is 0 Å². The third-order valence-corrected chi connectivity index (χ3v) is 4.92. The Labute approximate surface area is 187 Å². The molecule has 0 fully saturated rings. The molecule has 0 radical (unpaired) electrons. The van der Waals surface area contributed by atoms with Gasteiger partial charge < -0.3 is 20.1 Å². The minimum atomic E-state index is 0. The molecular formula is C19H27ClIN5O2. The molecule has 3 rings (SSSR count). The van der Waals surface area contributed by atoms with Crippen LogP contribution in [0.25, 0.3) is 0 Å². The van der Waals surface area contributed by atoms with Crippen molar-refractivity contribution in [1.29, 1.82) is 0 Å². The standard InChI is InChI=1S/C19H26ClN5O2.HI/c1-12-15(13(2)25(4)24-12)11-23-19(21-3)22-10-14-8-16(20)18-17(9-14)26-6-5-7-27-18;/h8-9H,5-7,10-11H2,1-4H3,(H2,21,22,23);1H. The van der Waals surface area contributed by atoms with Crippen molar-refractivity contribution in [1.82, 2.24) is 20.4 Å². The molecule has 28 heavy (non-hydrogen) atoms. The summed E-state index contributed by atoms with van der Waals surface area (Å²) in [6, 6.07) is 3.85. The van der Waals surface area contributed by atoms with Crippen molar-refractivity contribution < 1.29 is 9.47 Å². The zero-order valence-electron chi connectivity index (χ0n) is 16.6. The molecule has 2 N–H and O–H groups in total. The Morgan fingerprint density at radius 2 is 1.93 bits per heavy atom. The largest absolute Gasteiger partial charge is 0.489 e. The first kappa shape index (κ1) is 22.6. The quantitative estimate of drug-likeness (QED) is 0.368. The first-order valence-corrected chi connectivity index (χ1v) is 9.39. The predicted octanol–water partition coefficient (Wildman–Crippen LogP) is 3.33. The van der Waals surface area contributed by atoms with Gasteiger partial charge in [-0.25, -0.2) is 0 Å². The second-order valence-corrected chi connectivity index (χ2v) is 6.91. The van der Waals surface area contributed by atoms with Gasteiger partial charge in [-0.05, 0) is 31.5 Å². The number of halogens is 2. The summed E-state index contributed by atoms with van der Waals surface area (Å²) in [6.45, 7) is 6.56. The van der Waals surface area contributed by atoms with Gasteiger partial charge in [-0.3, -0.25) is 9.67 Å². The second kappa shape index (κ2) is 10.2. The summed E-state index contributed by atoms with van der Waals surface area (Å²) in [4.78, 5) is 4.29. The molecule has 1 aromatic carbocycles. The van der Waals surface area contributed by atoms with Gasteiger partial charge in [0.15, 0.2) is 17.5 Å². The maximum absolute atomic E-state index is 6.36. The van der Waals surface area contributed by atoms with Crippen LogP contribution in [0, 0.1) is 13.8 Å². The van der Waals surface area contributed by atoms with Crippen LogP contribution in [0.4, 0.5) is 0 Å². The lowest BCUT2D eigenvalue weighted by Crippen LogP contribution is -2.36. The first-order chi connectivity index (χ1) is 13.0. The number of ether oxygens (including phenoxy) is 2. The predicted molar refractivity (Wildman–Crippen MR) is 122 cm³/mol. The summed E-state index contributed by atoms with van der Waals surface area (Å²) < 4.78 is 13.3. The van der Waals surface area contributed by atoms with Crippen LogP contribution < -0.4 is 20.1 Å². The Hall–Kier alpha value is -1.68. The van der Waals surface area contributed by atoms with Gasteiger partial charge in [0, 0.05) is 44.9 Å². The first-order valence-electron chi connectivity index (χ1n) is 9.01. The van der Waals surface area contributed by atoms with Crippen LogP contribution in [0.2, 0.25) is 5.02 Å². The molecule has 9 heteroatoms. The maximum atomic E-state index is 6.36. The lowest BCUT2D eigenvalue weighted by molar-refractivity contribution is 0.297. The molecule has 0 aliphatic carbocycles. The summed E-state index contributed by atoms with van der Waals surface area (Å²) >= 11 is 6.36. The molecule has 0 saturated heterocycles. The fourth-order valence-electron chi connectivity index (χ4n) is 3.04. The number of nitrogens with zero attached hydrogens (tertiary/aromatic N) is 3. The Balaban J connectivity index is 0.00000280. The Morgan fingerprint density at radius 1 is 1.21 bits per heavy atom. The number of benzene rings is 1. The summed E-state index contributed by atoms with van der Waals surface area (Å²) in [5, 5.41) is 11.7. The second-order valence-electron chi connectivity index (χ2n) is 6.51. The van der Waals surface area contributed by atoms with Crippen LogP contribution in [0.5, 0.6) is 11.5 Å². The average molecular weight is 520 g/mol. The highest BCUT2D eigenvalue weighted by atomic mass is 127. The molecule has 2 aromatic rings. The number of fused-ring (bicyclic) bond motifs is 1. The van der Waals surface area contributed by atoms with E-state index in [2.05, 4.69) is 27.6 Å². The molecule has 1 aliphatic rings. The Bertz CT molecular complexity index is 853. The van der Waals surface area contributed by atoms with E-state index in [9.17, 15) is 0 Å². The number of aliphatic imine (C=N–C) groups is 1. The van der Waals surface area contributed by atoms with Gasteiger partial charge in [0.1, 0.15) is 0 Å². The highest BCUT2D eigenvalue weighted by molar-refractivity contribution is 14.0. The minimum Gasteiger partial charge on any atom is -0.489 e. The SMILES string of the molecule is CN=C(NCc1cc(Cl)c2c(c1)OCCCO2)NCc1c(C)nn(C)c1C.I. The van der Waals surface area contributed by atoms with Gasteiger partial charge in [0.05, 0.1) is 23.9 Å². The van der Waals surface area contributed by atoms with Crippen LogP contribution in [0.1, 0.15) is 28.9 Å². The third kappa shape index (κ3) is 5.22. The van der Waals surface area contributed by atoms with E-state index in [4.69, 9.17) is 21.1 Å². The highest BCUT2D eigenvalue weighted by Gasteiger charge is 2.16. The molecule has 154 valence electrons. The van der Waals surface area contributed by atoms with Gasteiger partial charge in [-0.2, -0.15) is 5.10 Å². The highest BCUT2D eigenvalue weighted by Crippen LogP contribution is 2.37. The van der Waals surface area contributed by atoms with E-state index in [1.807, 2.05) is 30.8 Å². The van der Waals surface area contributed by atoms with E-state index in [0.29, 0.717) is 48.8 Å². The van der Waals surface area contributed by atoms with Crippen molar-refractivity contribution in [2.75, 3.05) is 20.3 Å². The van der Waals surface area contributed by atoms with E-state index in [-0.39, 0.29) is 24.0 Å². The summed E-state index contributed by atoms with van der Waals surface area (Å²) in [5.74, 6) is 2.03. The smallest absolute Gasteiger partial charge is 0.191 e. The van der Waals surface area contributed by atoms with E-state index >= 15 is 0 Å². The van der Waals surface area contributed by atoms with Crippen molar-refractivity contribution in [2.24, 2.45) is 12.0 Å². The minimum absolute atomic E-state index is 0. The molecule has 0 atom stereocenters. The molecular weight excluding hydrogens is 493 g/mol. The number of aryl methyl sites for hydroxylation is 2. The molecule has 1 aromatic heterocycles. The monoisotopic (exact) mass is 519 g/mol. The molecule has 0 unspecified atom stereocenters. The van der Waals surface area contributed by atoms with Crippen molar-refractivity contribution in [3.8, 4) is 11.5 Å². The van der Waals surface area contributed by atoms with Crippen LogP contribution in [-0.4, -0.2) is 36.0 Å². The van der Waals surface area contributed by atoms with E-state index < -0.39 is 0 Å². The van der Waals surface area contributed by atoms with Crippen molar-refractivity contribution in [2.45, 2.75) is 33.4 Å². The lowest BCUT2D eigenvalue weighted by atomic mass is 10.2. The third-order valence-electron chi connectivity index (χ3n) is 4.64. The topological polar surface area (TPSA) is 72.7 Å². The molecule has 0 bridgehead atoms. The van der Waals surface area contributed by atoms with Crippen molar-refractivity contribution in [3.63, 3.8) is 0 Å². The van der Waals surface area contributed by atoms with Crippen LogP contribution >= 0.6 is 35.6 Å². The number of guanidine groups is 1. The fraction of sp³-hybridized carbons (Fsp3) is 0.474. The Kier molecular flexibility index (Phi) is 8.23. The number of nitrogens with one attached hydrogen (secondary N) is 2. The van der Waals surface area contributed by atoms with Gasteiger partial charge in [-0.1, -0.05) is 11.6 Å². The lowest BCUT2D eigenvalue weighted by Gasteiger charge is -2.14. The van der Waals surface area contributed by atoms with Crippen LogP contribution in [0.3, 0.4) is 0 Å². The van der Waals surface area contributed by atoms with E-state index in [1.165, 1.54) is 5.56 Å². The van der Waals surface area contributed by atoms with Gasteiger partial charge >= 0.3 is 0 Å². The maximum Gasteiger partial charge on any atom is 0.191 e. The van der Waals surface area contributed by atoms with Crippen LogP contribution in [-0.2, 0) is 20.1 Å². The molecule has 0 amide bonds. The van der Waals surface area contributed by atoms with Gasteiger partial charge in [0.25, 0.3) is 0 Å². The Morgan fingerprint density at radius 3 is 2.61 bits per heavy atom. The van der Waals surface area contributed by atoms with E-state index in [0.717, 1.165) is 23.4 Å². The molecule has 2 heterocycles. The molecule has 7 nitrogen and oxygen atoms in total. The van der Waals surface area contributed by atoms with Crippen molar-refractivity contribution >= 4 is 41.5 Å². The number of hydrogen-bond donors (Lipinski definition) is 2. The average Bonchev–Trinajstić information content (AvgIpc) is 2.82. The molecule has 0 saturated carbocycles. The van der Waals surface area contributed by atoms with Crippen LogP contribution in [0.15, 0.2) is 17.1 Å². The molecule has 1 aliphatic heterocycles. The van der Waals surface area contributed by atoms with Crippen molar-refractivity contribution in [3.05, 3.63) is 39.7 Å². The fourth-order valence-corrected chi connectivity index (χ4v) is 3.33. The summed E-state index contributed by atoms with van der Waals surface area (Å²) in [7, 11) is 3.70. The normalized spacial score (nSPS) is 13.5. The number of aromatic nitrogens is 2. The zero-order chi connectivity index (χ0) is 19.4. The van der Waals surface area contributed by atoms with E-state index in [1.54, 1.807) is 7.05 Å². The summed E-state index contributed by atoms with van der Waals surface area (Å²) in [5.41, 5.74) is 4.35. The molecule has 0 spiro atoms. The van der Waals surface area contributed by atoms with Gasteiger partial charge in [-0.15, -0.1) is 24.0 Å². The zero-order valence-corrected chi connectivity index (χ0v) is 19.7. The number of rotatable bonds is 4.